The van der Waals surface area contributed by atoms with Crippen molar-refractivity contribution in [3.63, 3.8) is 0 Å². The van der Waals surface area contributed by atoms with Crippen LogP contribution in [0.3, 0.4) is 0 Å². The summed E-state index contributed by atoms with van der Waals surface area (Å²) in [5.41, 5.74) is -1.53. The smallest absolute Gasteiger partial charge is 0.416 e. The Bertz CT molecular complexity index is 886. The van der Waals surface area contributed by atoms with Gasteiger partial charge in [0.25, 0.3) is 0 Å². The predicted molar refractivity (Wildman–Crippen MR) is 104 cm³/mol. The van der Waals surface area contributed by atoms with Crippen LogP contribution in [0.5, 0.6) is 11.8 Å². The summed E-state index contributed by atoms with van der Waals surface area (Å²) in [6, 6.07) is 1.71. The number of alkyl halides is 6. The molecule has 0 spiro atoms. The van der Waals surface area contributed by atoms with E-state index in [0.29, 0.717) is 19.3 Å². The number of hydrogen-bond donors (Lipinski definition) is 0. The summed E-state index contributed by atoms with van der Waals surface area (Å²) in [6.45, 7) is 0.539. The van der Waals surface area contributed by atoms with Crippen LogP contribution in [0.1, 0.15) is 22.3 Å². The average Bonchev–Trinajstić information content (AvgIpc) is 2.71. The van der Waals surface area contributed by atoms with Crippen LogP contribution in [0, 0.1) is 0 Å². The van der Waals surface area contributed by atoms with Gasteiger partial charge in [-0.3, -0.25) is 0 Å². The fourth-order valence-electron chi connectivity index (χ4n) is 2.48. The van der Waals surface area contributed by atoms with Crippen molar-refractivity contribution in [3.05, 3.63) is 46.8 Å². The summed E-state index contributed by atoms with van der Waals surface area (Å²) in [5.74, 6) is -0.150. The summed E-state index contributed by atoms with van der Waals surface area (Å²) >= 11 is 0. The van der Waals surface area contributed by atoms with Crippen LogP contribution in [0.15, 0.2) is 24.5 Å². The summed E-state index contributed by atoms with van der Waals surface area (Å²) in [4.78, 5) is 19.4. The number of hydrogen-bond acceptors (Lipinski definition) is 6. The summed E-state index contributed by atoms with van der Waals surface area (Å²) in [7, 11) is 6.14. The lowest BCUT2D eigenvalue weighted by Crippen LogP contribution is -2.18. The highest BCUT2D eigenvalue weighted by molar-refractivity contribution is 5.56. The van der Waals surface area contributed by atoms with Crippen molar-refractivity contribution in [2.45, 2.75) is 25.2 Å². The molecule has 2 aromatic rings. The highest BCUT2D eigenvalue weighted by atomic mass is 19.4. The van der Waals surface area contributed by atoms with E-state index in [0.717, 1.165) is 18.3 Å². The molecule has 0 aliphatic carbocycles. The summed E-state index contributed by atoms with van der Waals surface area (Å²) < 4.78 is 85.1. The Morgan fingerprint density at radius 3 is 1.69 bits per heavy atom. The third-order valence-electron chi connectivity index (χ3n) is 4.08. The Labute approximate surface area is 181 Å². The zero-order valence-corrected chi connectivity index (χ0v) is 17.8. The Hall–Kier alpha value is -2.89. The van der Waals surface area contributed by atoms with Gasteiger partial charge < -0.3 is 19.2 Å². The molecule has 32 heavy (non-hydrogen) atoms. The molecule has 178 valence electrons. The van der Waals surface area contributed by atoms with Gasteiger partial charge in [0.05, 0.1) is 25.3 Å². The number of methoxy groups -OCH3 is 2. The number of likely N-dealkylation sites (N-methyl/N-ethyl adjacent to an activating group) is 1. The maximum Gasteiger partial charge on any atom is 0.416 e. The lowest BCUT2D eigenvalue weighted by molar-refractivity contribution is -0.139. The summed E-state index contributed by atoms with van der Waals surface area (Å²) in [5, 5.41) is 0. The van der Waals surface area contributed by atoms with E-state index < -0.39 is 23.5 Å². The van der Waals surface area contributed by atoms with E-state index in [-0.39, 0.29) is 29.3 Å². The number of ether oxygens (including phenoxy) is 2. The Morgan fingerprint density at radius 2 is 1.31 bits per heavy atom. The number of aromatic nitrogens is 2. The minimum Gasteiger partial charge on any atom is -0.481 e. The van der Waals surface area contributed by atoms with E-state index in [4.69, 9.17) is 4.74 Å². The standard InChI is InChI=1S/C11H15F3N2O.C9H8F3NO2/c1-16(2)5-4-8-7-15-10(17-3)6-9(8)11(12,13)14;1-15-8-4-7(9(10,11)12)6(2-3-14)5-13-8/h6-7H,4-5H2,1-3H3;3-5H,2H2,1H3. The molecule has 0 N–H and O–H groups in total. The molecule has 0 bridgehead atoms. The summed E-state index contributed by atoms with van der Waals surface area (Å²) in [6.07, 6.45) is -6.27. The van der Waals surface area contributed by atoms with Crippen LogP contribution in [-0.4, -0.2) is 56.0 Å². The van der Waals surface area contributed by atoms with Gasteiger partial charge in [0.15, 0.2) is 0 Å². The maximum atomic E-state index is 12.8. The van der Waals surface area contributed by atoms with Gasteiger partial charge in [-0.15, -0.1) is 0 Å². The van der Waals surface area contributed by atoms with Crippen molar-refractivity contribution in [2.75, 3.05) is 34.9 Å². The second-order valence-electron chi connectivity index (χ2n) is 6.69. The van der Waals surface area contributed by atoms with Crippen LogP contribution in [0.2, 0.25) is 0 Å². The van der Waals surface area contributed by atoms with Crippen LogP contribution < -0.4 is 9.47 Å². The van der Waals surface area contributed by atoms with Gasteiger partial charge in [0.2, 0.25) is 11.8 Å². The lowest BCUT2D eigenvalue weighted by atomic mass is 10.1. The van der Waals surface area contributed by atoms with Crippen molar-refractivity contribution in [2.24, 2.45) is 0 Å². The molecular formula is C20H23F6N3O3. The molecule has 0 saturated heterocycles. The number of nitrogens with zero attached hydrogens (tertiary/aromatic N) is 3. The van der Waals surface area contributed by atoms with Gasteiger partial charge in [-0.1, -0.05) is 0 Å². The molecule has 0 aliphatic rings. The average molecular weight is 467 g/mol. The first-order chi connectivity index (χ1) is 14.8. The maximum absolute atomic E-state index is 12.8. The van der Waals surface area contributed by atoms with Crippen molar-refractivity contribution < 1.29 is 40.6 Å². The molecule has 0 fully saturated rings. The molecule has 0 unspecified atom stereocenters. The first kappa shape index (κ1) is 27.1. The van der Waals surface area contributed by atoms with Gasteiger partial charge in [0, 0.05) is 37.5 Å². The van der Waals surface area contributed by atoms with Gasteiger partial charge in [0.1, 0.15) is 6.29 Å². The minimum atomic E-state index is -4.51. The molecule has 0 radical (unpaired) electrons. The largest absolute Gasteiger partial charge is 0.481 e. The second kappa shape index (κ2) is 11.7. The molecule has 0 aromatic carbocycles. The zero-order chi connectivity index (χ0) is 24.5. The third kappa shape index (κ3) is 8.33. The van der Waals surface area contributed by atoms with Gasteiger partial charge in [-0.2, -0.15) is 26.3 Å². The number of aldehydes is 1. The van der Waals surface area contributed by atoms with Gasteiger partial charge in [-0.25, -0.2) is 9.97 Å². The predicted octanol–water partition coefficient (Wildman–Crippen LogP) is 4.06. The number of halogens is 6. The number of pyridine rings is 2. The lowest BCUT2D eigenvalue weighted by Gasteiger charge is -2.15. The Morgan fingerprint density at radius 1 is 0.875 bits per heavy atom. The monoisotopic (exact) mass is 467 g/mol. The van der Waals surface area contributed by atoms with Gasteiger partial charge >= 0.3 is 12.4 Å². The first-order valence-electron chi connectivity index (χ1n) is 9.12. The molecule has 12 heteroatoms. The van der Waals surface area contributed by atoms with Crippen molar-refractivity contribution in [1.82, 2.24) is 14.9 Å². The van der Waals surface area contributed by atoms with Gasteiger partial charge in [-0.05, 0) is 31.6 Å². The van der Waals surface area contributed by atoms with E-state index >= 15 is 0 Å². The normalized spacial score (nSPS) is 11.6. The molecule has 2 aromatic heterocycles. The second-order valence-corrected chi connectivity index (χ2v) is 6.69. The van der Waals surface area contributed by atoms with Crippen molar-refractivity contribution >= 4 is 6.29 Å². The van der Waals surface area contributed by atoms with E-state index in [1.54, 1.807) is 0 Å². The highest BCUT2D eigenvalue weighted by Gasteiger charge is 2.34. The van der Waals surface area contributed by atoms with E-state index in [1.165, 1.54) is 20.4 Å². The fourth-order valence-corrected chi connectivity index (χ4v) is 2.48. The molecule has 0 saturated carbocycles. The molecule has 6 nitrogen and oxygen atoms in total. The van der Waals surface area contributed by atoms with Crippen LogP contribution >= 0.6 is 0 Å². The Kier molecular flexibility index (Phi) is 9.88. The quantitative estimate of drug-likeness (QED) is 0.452. The molecular weight excluding hydrogens is 444 g/mol. The van der Waals surface area contributed by atoms with Crippen molar-refractivity contribution in [3.8, 4) is 11.8 Å². The number of carbonyl (C=O) groups is 1. The molecule has 2 rings (SSSR count). The number of rotatable bonds is 7. The number of carbonyl (C=O) groups excluding carboxylic acids is 1. The van der Waals surface area contributed by atoms with E-state index in [9.17, 15) is 31.1 Å². The molecule has 2 heterocycles. The molecule has 0 amide bonds. The minimum absolute atomic E-state index is 0.0223. The zero-order valence-electron chi connectivity index (χ0n) is 17.8. The SMILES string of the molecule is COc1cc(C(F)(F)F)c(CC=O)cn1.COc1cc(C(F)(F)F)c(CCN(C)C)cn1. The fraction of sp³-hybridized carbons (Fsp3) is 0.450. The first-order valence-corrected chi connectivity index (χ1v) is 9.12. The van der Waals surface area contributed by atoms with Crippen LogP contribution in [0.25, 0.3) is 0 Å². The van der Waals surface area contributed by atoms with Crippen molar-refractivity contribution in [1.29, 1.82) is 0 Å². The van der Waals surface area contributed by atoms with Crippen LogP contribution in [-0.2, 0) is 30.0 Å². The topological polar surface area (TPSA) is 64.6 Å². The highest BCUT2D eigenvalue weighted by Crippen LogP contribution is 2.34. The molecule has 0 aliphatic heterocycles. The molecule has 0 atom stereocenters. The van der Waals surface area contributed by atoms with Crippen LogP contribution in [0.4, 0.5) is 26.3 Å². The van der Waals surface area contributed by atoms with E-state index in [2.05, 4.69) is 14.7 Å². The Balaban J connectivity index is 0.000000323. The van der Waals surface area contributed by atoms with E-state index in [1.807, 2.05) is 19.0 Å². The third-order valence-corrected chi connectivity index (χ3v) is 4.08.